The molecule has 1 atom stereocenters. The van der Waals surface area contributed by atoms with Gasteiger partial charge in [0.05, 0.1) is 35.2 Å². The molecule has 31 heavy (non-hydrogen) atoms. The molecule has 3 aromatic rings. The third-order valence-electron chi connectivity index (χ3n) is 5.38. The molecule has 164 valence electrons. The molecule has 0 spiro atoms. The Hall–Kier alpha value is -2.75. The van der Waals surface area contributed by atoms with Gasteiger partial charge in [-0.2, -0.15) is 4.31 Å². The number of carbonyl (C=O) groups excluding carboxylic acids is 1. The Balaban J connectivity index is 1.51. The van der Waals surface area contributed by atoms with Gasteiger partial charge in [0, 0.05) is 18.7 Å². The Kier molecular flexibility index (Phi) is 6.08. The summed E-state index contributed by atoms with van der Waals surface area (Å²) >= 11 is 0. The number of imidazole rings is 1. The number of para-hydroxylation sites is 2. The van der Waals surface area contributed by atoms with Crippen LogP contribution in [0.1, 0.15) is 36.1 Å². The van der Waals surface area contributed by atoms with Crippen LogP contribution in [-0.4, -0.2) is 54.9 Å². The number of sulfonamides is 1. The smallest absolute Gasteiger partial charge is 0.251 e. The number of ether oxygens (including phenoxy) is 1. The molecular formula is C22H26N4O4S. The lowest BCUT2D eigenvalue weighted by Crippen LogP contribution is -2.40. The zero-order valence-electron chi connectivity index (χ0n) is 17.5. The van der Waals surface area contributed by atoms with Gasteiger partial charge in [-0.3, -0.25) is 4.79 Å². The average molecular weight is 443 g/mol. The molecule has 2 N–H and O–H groups in total. The number of nitrogens with zero attached hydrogens (tertiary/aromatic N) is 2. The van der Waals surface area contributed by atoms with Crippen LogP contribution in [0.2, 0.25) is 0 Å². The normalized spacial score (nSPS) is 16.5. The van der Waals surface area contributed by atoms with Gasteiger partial charge in [0.25, 0.3) is 5.91 Å². The summed E-state index contributed by atoms with van der Waals surface area (Å²) in [6.07, 6.45) is 0. The van der Waals surface area contributed by atoms with E-state index < -0.39 is 10.0 Å². The van der Waals surface area contributed by atoms with E-state index in [0.29, 0.717) is 37.7 Å². The molecule has 2 aromatic carbocycles. The number of H-pyrrole nitrogens is 1. The van der Waals surface area contributed by atoms with Gasteiger partial charge in [0.1, 0.15) is 5.82 Å². The first-order valence-electron chi connectivity index (χ1n) is 10.3. The molecule has 1 aromatic heterocycles. The molecule has 8 nitrogen and oxygen atoms in total. The molecule has 0 unspecified atom stereocenters. The highest BCUT2D eigenvalue weighted by Gasteiger charge is 2.27. The zero-order chi connectivity index (χ0) is 22.0. The van der Waals surface area contributed by atoms with E-state index in [-0.39, 0.29) is 22.8 Å². The van der Waals surface area contributed by atoms with Crippen molar-refractivity contribution in [3.63, 3.8) is 0 Å². The number of rotatable bonds is 6. The molecule has 4 rings (SSSR count). The van der Waals surface area contributed by atoms with Gasteiger partial charge in [0.15, 0.2) is 0 Å². The van der Waals surface area contributed by atoms with Gasteiger partial charge in [-0.25, -0.2) is 13.4 Å². The first-order valence-corrected chi connectivity index (χ1v) is 11.7. The Morgan fingerprint density at radius 2 is 1.77 bits per heavy atom. The summed E-state index contributed by atoms with van der Waals surface area (Å²) in [6, 6.07) is 13.4. The van der Waals surface area contributed by atoms with E-state index in [2.05, 4.69) is 15.3 Å². The van der Waals surface area contributed by atoms with Gasteiger partial charge < -0.3 is 15.0 Å². The van der Waals surface area contributed by atoms with Crippen molar-refractivity contribution in [3.05, 3.63) is 59.9 Å². The Morgan fingerprint density at radius 1 is 1.10 bits per heavy atom. The van der Waals surface area contributed by atoms with Crippen molar-refractivity contribution in [2.75, 3.05) is 26.3 Å². The number of nitrogens with one attached hydrogen (secondary N) is 2. The first-order chi connectivity index (χ1) is 14.9. The summed E-state index contributed by atoms with van der Waals surface area (Å²) in [5.41, 5.74) is 2.15. The molecule has 1 fully saturated rings. The first kappa shape index (κ1) is 21.5. The van der Waals surface area contributed by atoms with E-state index in [1.54, 1.807) is 12.1 Å². The third-order valence-corrected chi connectivity index (χ3v) is 7.29. The summed E-state index contributed by atoms with van der Waals surface area (Å²) in [5, 5.41) is 3.02. The number of carbonyl (C=O) groups is 1. The zero-order valence-corrected chi connectivity index (χ0v) is 18.4. The van der Waals surface area contributed by atoms with Gasteiger partial charge in [-0.1, -0.05) is 26.0 Å². The minimum atomic E-state index is -3.59. The van der Waals surface area contributed by atoms with Crippen molar-refractivity contribution in [2.45, 2.75) is 24.8 Å². The average Bonchev–Trinajstić information content (AvgIpc) is 3.21. The second kappa shape index (κ2) is 8.78. The fourth-order valence-electron chi connectivity index (χ4n) is 3.61. The fraction of sp³-hybridized carbons (Fsp3) is 0.364. The summed E-state index contributed by atoms with van der Waals surface area (Å²) in [4.78, 5) is 20.9. The van der Waals surface area contributed by atoms with Gasteiger partial charge in [-0.05, 0) is 42.3 Å². The molecule has 0 bridgehead atoms. The van der Waals surface area contributed by atoms with E-state index >= 15 is 0 Å². The number of aromatic amines is 1. The van der Waals surface area contributed by atoms with E-state index in [4.69, 9.17) is 4.74 Å². The molecule has 1 amide bonds. The minimum absolute atomic E-state index is 0.102. The molecule has 0 saturated carbocycles. The maximum absolute atomic E-state index is 12.9. The molecule has 1 aliphatic rings. The van der Waals surface area contributed by atoms with Crippen LogP contribution in [0.15, 0.2) is 53.4 Å². The quantitative estimate of drug-likeness (QED) is 0.611. The van der Waals surface area contributed by atoms with Crippen LogP contribution in [0.4, 0.5) is 0 Å². The molecule has 1 saturated heterocycles. The van der Waals surface area contributed by atoms with Crippen LogP contribution in [0.5, 0.6) is 0 Å². The minimum Gasteiger partial charge on any atom is -0.379 e. The second-order valence-corrected chi connectivity index (χ2v) is 9.81. The topological polar surface area (TPSA) is 104 Å². The van der Waals surface area contributed by atoms with Crippen LogP contribution in [-0.2, 0) is 14.8 Å². The van der Waals surface area contributed by atoms with Gasteiger partial charge in [-0.15, -0.1) is 0 Å². The maximum atomic E-state index is 12.9. The van der Waals surface area contributed by atoms with Gasteiger partial charge in [0.2, 0.25) is 10.0 Å². The van der Waals surface area contributed by atoms with Crippen molar-refractivity contribution < 1.29 is 17.9 Å². The van der Waals surface area contributed by atoms with Crippen molar-refractivity contribution in [1.82, 2.24) is 19.6 Å². The van der Waals surface area contributed by atoms with Gasteiger partial charge >= 0.3 is 0 Å². The van der Waals surface area contributed by atoms with Crippen molar-refractivity contribution in [2.24, 2.45) is 5.92 Å². The second-order valence-electron chi connectivity index (χ2n) is 7.88. The lowest BCUT2D eigenvalue weighted by Gasteiger charge is -2.26. The predicted octanol–water partition coefficient (Wildman–Crippen LogP) is 2.71. The monoisotopic (exact) mass is 442 g/mol. The number of fused-ring (bicyclic) bond motifs is 1. The molecular weight excluding hydrogens is 416 g/mol. The van der Waals surface area contributed by atoms with Crippen molar-refractivity contribution in [1.29, 1.82) is 0 Å². The number of hydrogen-bond acceptors (Lipinski definition) is 5. The lowest BCUT2D eigenvalue weighted by atomic mass is 10.0. The van der Waals surface area contributed by atoms with E-state index in [0.717, 1.165) is 11.0 Å². The molecule has 2 heterocycles. The molecule has 0 radical (unpaired) electrons. The lowest BCUT2D eigenvalue weighted by molar-refractivity contribution is 0.0730. The largest absolute Gasteiger partial charge is 0.379 e. The highest BCUT2D eigenvalue weighted by molar-refractivity contribution is 7.89. The van der Waals surface area contributed by atoms with Crippen molar-refractivity contribution >= 4 is 27.0 Å². The Morgan fingerprint density at radius 3 is 2.42 bits per heavy atom. The number of benzene rings is 2. The van der Waals surface area contributed by atoms with Crippen LogP contribution in [0.3, 0.4) is 0 Å². The predicted molar refractivity (Wildman–Crippen MR) is 117 cm³/mol. The molecule has 0 aliphatic carbocycles. The van der Waals surface area contributed by atoms with Crippen molar-refractivity contribution in [3.8, 4) is 0 Å². The summed E-state index contributed by atoms with van der Waals surface area (Å²) in [6.45, 7) is 5.46. The SMILES string of the molecule is CC(C)[C@@H](NC(=O)c1ccc(S(=O)(=O)N2CCOCC2)cc1)c1nc2ccccc2[nH]1. The van der Waals surface area contributed by atoms with Crippen LogP contribution >= 0.6 is 0 Å². The number of hydrogen-bond donors (Lipinski definition) is 2. The highest BCUT2D eigenvalue weighted by atomic mass is 32.2. The van der Waals surface area contributed by atoms with E-state index in [9.17, 15) is 13.2 Å². The fourth-order valence-corrected chi connectivity index (χ4v) is 5.02. The van der Waals surface area contributed by atoms with E-state index in [1.807, 2.05) is 38.1 Å². The highest BCUT2D eigenvalue weighted by Crippen LogP contribution is 2.23. The van der Waals surface area contributed by atoms with Crippen LogP contribution in [0.25, 0.3) is 11.0 Å². The molecule has 9 heteroatoms. The molecule has 1 aliphatic heterocycles. The third kappa shape index (κ3) is 4.48. The van der Waals surface area contributed by atoms with Crippen LogP contribution in [0, 0.1) is 5.92 Å². The summed E-state index contributed by atoms with van der Waals surface area (Å²) in [7, 11) is -3.59. The Labute approximate surface area is 181 Å². The Bertz CT molecular complexity index is 1130. The standard InChI is InChI=1S/C22H26N4O4S/c1-15(2)20(21-23-18-5-3-4-6-19(18)24-21)25-22(27)16-7-9-17(10-8-16)31(28,29)26-11-13-30-14-12-26/h3-10,15,20H,11-14H2,1-2H3,(H,23,24)(H,25,27)/t20-/m1/s1. The van der Waals surface area contributed by atoms with E-state index in [1.165, 1.54) is 16.4 Å². The summed E-state index contributed by atoms with van der Waals surface area (Å²) in [5.74, 6) is 0.510. The number of morpholine rings is 1. The maximum Gasteiger partial charge on any atom is 0.251 e. The summed E-state index contributed by atoms with van der Waals surface area (Å²) < 4.78 is 32.2. The number of aromatic nitrogens is 2. The van der Waals surface area contributed by atoms with Crippen LogP contribution < -0.4 is 5.32 Å². The number of amides is 1.